The zero-order valence-corrected chi connectivity index (χ0v) is 19.4. The Hall–Kier alpha value is -2.38. The number of carbonyl (C=O) groups excluding carboxylic acids is 2. The van der Waals surface area contributed by atoms with Crippen LogP contribution in [0.15, 0.2) is 46.9 Å². The molecular formula is C24H29BrN2O4. The van der Waals surface area contributed by atoms with Crippen molar-refractivity contribution in [2.24, 2.45) is 0 Å². The highest BCUT2D eigenvalue weighted by atomic mass is 79.9. The summed E-state index contributed by atoms with van der Waals surface area (Å²) in [6.45, 7) is 3.40. The number of hydrogen-bond donors (Lipinski definition) is 2. The van der Waals surface area contributed by atoms with Gasteiger partial charge in [-0.3, -0.25) is 9.59 Å². The average molecular weight is 489 g/mol. The zero-order valence-electron chi connectivity index (χ0n) is 17.8. The van der Waals surface area contributed by atoms with Crippen molar-refractivity contribution in [2.75, 3.05) is 23.8 Å². The fraction of sp³-hybridized carbons (Fsp3) is 0.417. The minimum atomic E-state index is -0.238. The quantitative estimate of drug-likeness (QED) is 0.415. The second kappa shape index (κ2) is 11.9. The second-order valence-electron chi connectivity index (χ2n) is 7.63. The molecule has 1 fully saturated rings. The van der Waals surface area contributed by atoms with Gasteiger partial charge in [0.2, 0.25) is 5.91 Å². The van der Waals surface area contributed by atoms with Crippen LogP contribution in [0.2, 0.25) is 0 Å². The van der Waals surface area contributed by atoms with E-state index in [2.05, 4.69) is 33.5 Å². The number of benzene rings is 2. The van der Waals surface area contributed by atoms with Crippen molar-refractivity contribution in [1.82, 2.24) is 0 Å². The topological polar surface area (TPSA) is 76.7 Å². The number of unbranched alkanes of at least 4 members (excludes halogenated alkanes) is 2. The van der Waals surface area contributed by atoms with Crippen LogP contribution in [0.25, 0.3) is 0 Å². The molecule has 2 amide bonds. The lowest BCUT2D eigenvalue weighted by Gasteiger charge is -2.13. The van der Waals surface area contributed by atoms with Crippen molar-refractivity contribution in [3.63, 3.8) is 0 Å². The van der Waals surface area contributed by atoms with Crippen LogP contribution in [0.3, 0.4) is 0 Å². The van der Waals surface area contributed by atoms with Crippen LogP contribution in [0, 0.1) is 0 Å². The van der Waals surface area contributed by atoms with Gasteiger partial charge in [0.05, 0.1) is 10.6 Å². The van der Waals surface area contributed by atoms with Gasteiger partial charge in [0.25, 0.3) is 5.91 Å². The summed E-state index contributed by atoms with van der Waals surface area (Å²) in [7, 11) is 0. The fourth-order valence-corrected chi connectivity index (χ4v) is 3.85. The molecule has 1 aliphatic rings. The van der Waals surface area contributed by atoms with E-state index in [1.165, 1.54) is 0 Å². The third-order valence-corrected chi connectivity index (χ3v) is 5.67. The third kappa shape index (κ3) is 7.36. The van der Waals surface area contributed by atoms with Crippen molar-refractivity contribution < 1.29 is 19.1 Å². The highest BCUT2D eigenvalue weighted by Gasteiger charge is 2.17. The van der Waals surface area contributed by atoms with Crippen molar-refractivity contribution in [1.29, 1.82) is 0 Å². The number of halogens is 1. The van der Waals surface area contributed by atoms with E-state index in [1.807, 2.05) is 6.07 Å². The predicted octanol–water partition coefficient (Wildman–Crippen LogP) is 5.78. The first kappa shape index (κ1) is 23.3. The molecule has 1 aliphatic heterocycles. The smallest absolute Gasteiger partial charge is 0.255 e. The Morgan fingerprint density at radius 2 is 1.94 bits per heavy atom. The molecular weight excluding hydrogens is 460 g/mol. The van der Waals surface area contributed by atoms with Crippen molar-refractivity contribution in [3.8, 4) is 5.75 Å². The van der Waals surface area contributed by atoms with Gasteiger partial charge < -0.3 is 20.1 Å². The standard InChI is InChI=1S/C24H29BrN2O4/c1-2-3-4-10-23(28)26-18-7-5-8-19(15-18)27-24(29)17-11-12-22(21(25)14-17)31-16-20-9-6-13-30-20/h5,7-8,11-12,14-15,20H,2-4,6,9-10,13,16H2,1H3,(H,26,28)(H,27,29). The van der Waals surface area contributed by atoms with E-state index in [0.717, 1.165) is 38.7 Å². The van der Waals surface area contributed by atoms with Crippen LogP contribution in [-0.4, -0.2) is 31.1 Å². The summed E-state index contributed by atoms with van der Waals surface area (Å²) in [5.74, 6) is 0.428. The highest BCUT2D eigenvalue weighted by Crippen LogP contribution is 2.27. The maximum atomic E-state index is 12.7. The van der Waals surface area contributed by atoms with Crippen LogP contribution in [0.4, 0.5) is 11.4 Å². The maximum Gasteiger partial charge on any atom is 0.255 e. The minimum absolute atomic E-state index is 0.0144. The predicted molar refractivity (Wildman–Crippen MR) is 126 cm³/mol. The Kier molecular flexibility index (Phi) is 8.91. The number of hydrogen-bond acceptors (Lipinski definition) is 4. The van der Waals surface area contributed by atoms with E-state index in [9.17, 15) is 9.59 Å². The highest BCUT2D eigenvalue weighted by molar-refractivity contribution is 9.10. The number of anilines is 2. The molecule has 1 saturated heterocycles. The van der Waals surface area contributed by atoms with Crippen LogP contribution in [0.1, 0.15) is 55.8 Å². The lowest BCUT2D eigenvalue weighted by atomic mass is 10.2. The molecule has 0 aliphatic carbocycles. The molecule has 1 unspecified atom stereocenters. The van der Waals surface area contributed by atoms with Gasteiger partial charge in [0.15, 0.2) is 0 Å². The van der Waals surface area contributed by atoms with Gasteiger partial charge >= 0.3 is 0 Å². The Morgan fingerprint density at radius 1 is 1.13 bits per heavy atom. The molecule has 2 N–H and O–H groups in total. The van der Waals surface area contributed by atoms with Gasteiger partial charge in [-0.05, 0) is 71.6 Å². The van der Waals surface area contributed by atoms with E-state index >= 15 is 0 Å². The lowest BCUT2D eigenvalue weighted by Crippen LogP contribution is -2.17. The summed E-state index contributed by atoms with van der Waals surface area (Å²) in [5.41, 5.74) is 1.79. The van der Waals surface area contributed by atoms with Crippen LogP contribution in [0.5, 0.6) is 5.75 Å². The van der Waals surface area contributed by atoms with Crippen LogP contribution >= 0.6 is 15.9 Å². The number of nitrogens with one attached hydrogen (secondary N) is 2. The molecule has 2 aromatic rings. The van der Waals surface area contributed by atoms with Gasteiger partial charge in [-0.25, -0.2) is 0 Å². The Morgan fingerprint density at radius 3 is 2.65 bits per heavy atom. The van der Waals surface area contributed by atoms with Gasteiger partial charge in [-0.1, -0.05) is 25.8 Å². The van der Waals surface area contributed by atoms with Crippen LogP contribution in [-0.2, 0) is 9.53 Å². The molecule has 0 bridgehead atoms. The lowest BCUT2D eigenvalue weighted by molar-refractivity contribution is -0.116. The first-order valence-electron chi connectivity index (χ1n) is 10.8. The molecule has 31 heavy (non-hydrogen) atoms. The summed E-state index contributed by atoms with van der Waals surface area (Å²) in [5, 5.41) is 5.76. The van der Waals surface area contributed by atoms with Crippen molar-refractivity contribution >= 4 is 39.1 Å². The molecule has 0 aromatic heterocycles. The summed E-state index contributed by atoms with van der Waals surface area (Å²) in [4.78, 5) is 24.7. The van der Waals surface area contributed by atoms with E-state index in [0.29, 0.717) is 40.2 Å². The molecule has 2 aromatic carbocycles. The number of ether oxygens (including phenoxy) is 2. The first-order chi connectivity index (χ1) is 15.0. The third-order valence-electron chi connectivity index (χ3n) is 5.05. The number of rotatable bonds is 10. The average Bonchev–Trinajstić information content (AvgIpc) is 3.27. The zero-order chi connectivity index (χ0) is 22.1. The van der Waals surface area contributed by atoms with Gasteiger partial charge in [0, 0.05) is 30.0 Å². The summed E-state index contributed by atoms with van der Waals surface area (Å²) in [6, 6.07) is 12.4. The first-order valence-corrected chi connectivity index (χ1v) is 11.6. The van der Waals surface area contributed by atoms with Gasteiger partial charge in [-0.2, -0.15) is 0 Å². The maximum absolute atomic E-state index is 12.7. The molecule has 7 heteroatoms. The van der Waals surface area contributed by atoms with Gasteiger partial charge in [-0.15, -0.1) is 0 Å². The summed E-state index contributed by atoms with van der Waals surface area (Å²) < 4.78 is 12.1. The van der Waals surface area contributed by atoms with E-state index in [4.69, 9.17) is 9.47 Å². The number of carbonyl (C=O) groups is 2. The molecule has 1 atom stereocenters. The van der Waals surface area contributed by atoms with E-state index in [-0.39, 0.29) is 17.9 Å². The normalized spacial score (nSPS) is 15.5. The molecule has 166 valence electrons. The minimum Gasteiger partial charge on any atom is -0.490 e. The van der Waals surface area contributed by atoms with Crippen molar-refractivity contribution in [2.45, 2.75) is 51.6 Å². The molecule has 6 nitrogen and oxygen atoms in total. The second-order valence-corrected chi connectivity index (χ2v) is 8.49. The van der Waals surface area contributed by atoms with Gasteiger partial charge in [0.1, 0.15) is 12.4 Å². The Balaban J connectivity index is 1.55. The Bertz CT molecular complexity index is 897. The van der Waals surface area contributed by atoms with E-state index in [1.54, 1.807) is 36.4 Å². The fourth-order valence-electron chi connectivity index (χ4n) is 3.35. The Labute approximate surface area is 191 Å². The monoisotopic (exact) mass is 488 g/mol. The van der Waals surface area contributed by atoms with E-state index < -0.39 is 0 Å². The van der Waals surface area contributed by atoms with Crippen LogP contribution < -0.4 is 15.4 Å². The molecule has 3 rings (SSSR count). The van der Waals surface area contributed by atoms with Crippen molar-refractivity contribution in [3.05, 3.63) is 52.5 Å². The summed E-state index contributed by atoms with van der Waals surface area (Å²) >= 11 is 3.48. The molecule has 0 spiro atoms. The number of amides is 2. The SMILES string of the molecule is CCCCCC(=O)Nc1cccc(NC(=O)c2ccc(OCC3CCCO3)c(Br)c2)c1. The molecule has 1 heterocycles. The molecule has 0 saturated carbocycles. The molecule has 0 radical (unpaired) electrons. The summed E-state index contributed by atoms with van der Waals surface area (Å²) in [6.07, 6.45) is 5.70. The largest absolute Gasteiger partial charge is 0.490 e.